The van der Waals surface area contributed by atoms with E-state index in [2.05, 4.69) is 24.0 Å². The van der Waals surface area contributed by atoms with Gasteiger partial charge >= 0.3 is 0 Å². The Balaban J connectivity index is 2.83. The predicted octanol–water partition coefficient (Wildman–Crippen LogP) is 2.49. The van der Waals surface area contributed by atoms with Gasteiger partial charge in [0, 0.05) is 12.5 Å². The summed E-state index contributed by atoms with van der Waals surface area (Å²) in [7, 11) is 0. The first kappa shape index (κ1) is 12.4. The molecule has 15 heavy (non-hydrogen) atoms. The molecule has 0 bridgehead atoms. The van der Waals surface area contributed by atoms with E-state index in [1.807, 2.05) is 18.4 Å². The van der Waals surface area contributed by atoms with Crippen LogP contribution in [0.15, 0.2) is 0 Å². The smallest absolute Gasteiger partial charge is 0.195 e. The van der Waals surface area contributed by atoms with Crippen LogP contribution in [0, 0.1) is 4.77 Å². The third-order valence-electron chi connectivity index (χ3n) is 2.20. The van der Waals surface area contributed by atoms with E-state index in [0.717, 1.165) is 19.0 Å². The molecule has 86 valence electrons. The maximum atomic E-state index is 5.50. The van der Waals surface area contributed by atoms with Crippen LogP contribution in [0.1, 0.15) is 39.4 Å². The summed E-state index contributed by atoms with van der Waals surface area (Å²) < 4.78 is 8.18. The lowest BCUT2D eigenvalue weighted by Gasteiger charge is -2.14. The Kier molecular flexibility index (Phi) is 4.47. The molecule has 0 amide bonds. The lowest BCUT2D eigenvalue weighted by Crippen LogP contribution is -2.18. The minimum absolute atomic E-state index is 0.164. The first-order chi connectivity index (χ1) is 7.06. The zero-order chi connectivity index (χ0) is 11.4. The molecule has 1 unspecified atom stereocenters. The summed E-state index contributed by atoms with van der Waals surface area (Å²) in [4.78, 5) is 0. The van der Waals surface area contributed by atoms with Crippen LogP contribution in [-0.4, -0.2) is 27.5 Å². The average Bonchev–Trinajstić information content (AvgIpc) is 2.48. The van der Waals surface area contributed by atoms with E-state index in [4.69, 9.17) is 17.0 Å². The largest absolute Gasteiger partial charge is 0.377 e. The quantitative estimate of drug-likeness (QED) is 0.789. The Labute approximate surface area is 95.7 Å². The van der Waals surface area contributed by atoms with Crippen molar-refractivity contribution in [3.63, 3.8) is 0 Å². The second-order valence-electron chi connectivity index (χ2n) is 3.92. The van der Waals surface area contributed by atoms with Crippen LogP contribution in [0.5, 0.6) is 0 Å². The van der Waals surface area contributed by atoms with E-state index in [1.54, 1.807) is 0 Å². The minimum atomic E-state index is 0.164. The normalized spacial score (nSPS) is 13.4. The Morgan fingerprint density at radius 1 is 1.47 bits per heavy atom. The van der Waals surface area contributed by atoms with Crippen molar-refractivity contribution in [3.8, 4) is 0 Å². The SMILES string of the molecule is CCOC(C)Cn1c(C(C)C)n[nH]c1=S. The van der Waals surface area contributed by atoms with Crippen molar-refractivity contribution in [2.45, 2.75) is 46.3 Å². The summed E-state index contributed by atoms with van der Waals surface area (Å²) in [6.45, 7) is 9.73. The summed E-state index contributed by atoms with van der Waals surface area (Å²) in [6, 6.07) is 0. The van der Waals surface area contributed by atoms with Crippen molar-refractivity contribution in [2.75, 3.05) is 6.61 Å². The molecule has 0 fully saturated rings. The van der Waals surface area contributed by atoms with Gasteiger partial charge in [-0.05, 0) is 26.1 Å². The Hall–Kier alpha value is -0.680. The van der Waals surface area contributed by atoms with Gasteiger partial charge in [-0.25, -0.2) is 0 Å². The van der Waals surface area contributed by atoms with Crippen molar-refractivity contribution in [1.29, 1.82) is 0 Å². The number of nitrogens with zero attached hydrogens (tertiary/aromatic N) is 2. The summed E-state index contributed by atoms with van der Waals surface area (Å²) in [6.07, 6.45) is 0.164. The summed E-state index contributed by atoms with van der Waals surface area (Å²) >= 11 is 5.18. The lowest BCUT2D eigenvalue weighted by molar-refractivity contribution is 0.0629. The zero-order valence-electron chi connectivity index (χ0n) is 9.78. The van der Waals surface area contributed by atoms with Crippen LogP contribution < -0.4 is 0 Å². The first-order valence-corrected chi connectivity index (χ1v) is 5.73. The molecule has 1 rings (SSSR count). The highest BCUT2D eigenvalue weighted by Crippen LogP contribution is 2.12. The maximum Gasteiger partial charge on any atom is 0.195 e. The highest BCUT2D eigenvalue weighted by atomic mass is 32.1. The number of hydrogen-bond acceptors (Lipinski definition) is 3. The molecule has 1 aromatic heterocycles. The second-order valence-corrected chi connectivity index (χ2v) is 4.30. The van der Waals surface area contributed by atoms with Crippen molar-refractivity contribution in [3.05, 3.63) is 10.6 Å². The molecule has 1 aromatic rings. The van der Waals surface area contributed by atoms with Gasteiger partial charge < -0.3 is 9.30 Å². The molecule has 0 saturated heterocycles. The molecule has 1 atom stereocenters. The van der Waals surface area contributed by atoms with Gasteiger partial charge in [-0.15, -0.1) is 0 Å². The van der Waals surface area contributed by atoms with E-state index in [1.165, 1.54) is 0 Å². The standard InChI is InChI=1S/C10H19N3OS/c1-5-14-8(4)6-13-9(7(2)3)11-12-10(13)15/h7-8H,5-6H2,1-4H3,(H,12,15). The van der Waals surface area contributed by atoms with Gasteiger partial charge in [0.1, 0.15) is 5.82 Å². The number of aromatic nitrogens is 3. The molecule has 0 aromatic carbocycles. The van der Waals surface area contributed by atoms with Gasteiger partial charge in [-0.3, -0.25) is 5.10 Å². The van der Waals surface area contributed by atoms with Crippen LogP contribution in [0.25, 0.3) is 0 Å². The predicted molar refractivity (Wildman–Crippen MR) is 62.6 cm³/mol. The molecule has 0 spiro atoms. The minimum Gasteiger partial charge on any atom is -0.377 e. The van der Waals surface area contributed by atoms with E-state index in [9.17, 15) is 0 Å². The number of aromatic amines is 1. The first-order valence-electron chi connectivity index (χ1n) is 5.33. The van der Waals surface area contributed by atoms with Gasteiger partial charge in [0.05, 0.1) is 12.6 Å². The van der Waals surface area contributed by atoms with Crippen molar-refractivity contribution < 1.29 is 4.74 Å². The fourth-order valence-corrected chi connectivity index (χ4v) is 1.76. The van der Waals surface area contributed by atoms with Crippen LogP contribution in [0.3, 0.4) is 0 Å². The third kappa shape index (κ3) is 3.14. The molecule has 1 N–H and O–H groups in total. The molecular formula is C10H19N3OS. The molecule has 0 radical (unpaired) electrons. The summed E-state index contributed by atoms with van der Waals surface area (Å²) in [5, 5.41) is 7.04. The Bertz CT molecular complexity index is 356. The fourth-order valence-electron chi connectivity index (χ4n) is 1.54. The summed E-state index contributed by atoms with van der Waals surface area (Å²) in [5.74, 6) is 1.36. The van der Waals surface area contributed by atoms with Crippen LogP contribution in [0.2, 0.25) is 0 Å². The number of nitrogens with one attached hydrogen (secondary N) is 1. The van der Waals surface area contributed by atoms with E-state index < -0.39 is 0 Å². The van der Waals surface area contributed by atoms with Gasteiger partial charge in [0.25, 0.3) is 0 Å². The van der Waals surface area contributed by atoms with Crippen LogP contribution in [0.4, 0.5) is 0 Å². The lowest BCUT2D eigenvalue weighted by atomic mass is 10.2. The van der Waals surface area contributed by atoms with Crippen molar-refractivity contribution in [1.82, 2.24) is 14.8 Å². The maximum absolute atomic E-state index is 5.50. The van der Waals surface area contributed by atoms with E-state index in [0.29, 0.717) is 10.7 Å². The van der Waals surface area contributed by atoms with Crippen molar-refractivity contribution >= 4 is 12.2 Å². The molecular weight excluding hydrogens is 210 g/mol. The monoisotopic (exact) mass is 229 g/mol. The molecule has 0 aliphatic rings. The van der Waals surface area contributed by atoms with E-state index in [-0.39, 0.29) is 6.10 Å². The third-order valence-corrected chi connectivity index (χ3v) is 2.51. The molecule has 0 aliphatic carbocycles. The number of hydrogen-bond donors (Lipinski definition) is 1. The average molecular weight is 229 g/mol. The zero-order valence-corrected chi connectivity index (χ0v) is 10.6. The summed E-state index contributed by atoms with van der Waals surface area (Å²) in [5.41, 5.74) is 0. The molecule has 0 aliphatic heterocycles. The van der Waals surface area contributed by atoms with Gasteiger partial charge in [0.15, 0.2) is 4.77 Å². The van der Waals surface area contributed by atoms with Crippen LogP contribution in [-0.2, 0) is 11.3 Å². The Morgan fingerprint density at radius 2 is 2.13 bits per heavy atom. The topological polar surface area (TPSA) is 42.8 Å². The van der Waals surface area contributed by atoms with Crippen LogP contribution >= 0.6 is 12.2 Å². The van der Waals surface area contributed by atoms with Crippen molar-refractivity contribution in [2.24, 2.45) is 0 Å². The number of rotatable bonds is 5. The molecule has 0 saturated carbocycles. The molecule has 5 heteroatoms. The van der Waals surface area contributed by atoms with E-state index >= 15 is 0 Å². The number of H-pyrrole nitrogens is 1. The highest BCUT2D eigenvalue weighted by Gasteiger charge is 2.12. The second kappa shape index (κ2) is 5.42. The molecule has 1 heterocycles. The van der Waals surface area contributed by atoms with Gasteiger partial charge in [-0.2, -0.15) is 5.10 Å². The fraction of sp³-hybridized carbons (Fsp3) is 0.800. The highest BCUT2D eigenvalue weighted by molar-refractivity contribution is 7.71. The van der Waals surface area contributed by atoms with Gasteiger partial charge in [0.2, 0.25) is 0 Å². The molecule has 4 nitrogen and oxygen atoms in total. The Morgan fingerprint density at radius 3 is 2.67 bits per heavy atom. The number of ether oxygens (including phenoxy) is 1. The van der Waals surface area contributed by atoms with Gasteiger partial charge in [-0.1, -0.05) is 13.8 Å².